The van der Waals surface area contributed by atoms with Crippen molar-refractivity contribution in [2.24, 2.45) is 0 Å². The third kappa shape index (κ3) is 6.00. The Balaban J connectivity index is 2.19. The van der Waals surface area contributed by atoms with Gasteiger partial charge >= 0.3 is 5.97 Å². The van der Waals surface area contributed by atoms with Crippen molar-refractivity contribution in [3.63, 3.8) is 0 Å². The molecule has 0 aromatic heterocycles. The summed E-state index contributed by atoms with van der Waals surface area (Å²) >= 11 is 0. The van der Waals surface area contributed by atoms with E-state index in [0.29, 0.717) is 6.54 Å². The molecule has 0 aliphatic heterocycles. The number of hydrogen-bond acceptors (Lipinski definition) is 3. The molecule has 0 unspecified atom stereocenters. The van der Waals surface area contributed by atoms with E-state index in [4.69, 9.17) is 5.11 Å². The predicted octanol–water partition coefficient (Wildman–Crippen LogP) is 0.362. The van der Waals surface area contributed by atoms with Crippen LogP contribution in [0.1, 0.15) is 5.56 Å². The van der Waals surface area contributed by atoms with Crippen LogP contribution in [0.4, 0.5) is 0 Å². The van der Waals surface area contributed by atoms with Crippen molar-refractivity contribution in [2.75, 3.05) is 26.7 Å². The zero-order valence-corrected chi connectivity index (χ0v) is 10.4. The highest BCUT2D eigenvalue weighted by Gasteiger charge is 2.08. The van der Waals surface area contributed by atoms with Crippen LogP contribution in [-0.4, -0.2) is 48.6 Å². The fourth-order valence-corrected chi connectivity index (χ4v) is 1.58. The van der Waals surface area contributed by atoms with Gasteiger partial charge in [-0.2, -0.15) is 0 Å². The number of hydrogen-bond donors (Lipinski definition) is 2. The second-order valence-electron chi connectivity index (χ2n) is 4.15. The Hall–Kier alpha value is -1.88. The van der Waals surface area contributed by atoms with E-state index in [1.807, 2.05) is 30.3 Å². The van der Waals surface area contributed by atoms with Gasteiger partial charge in [0.25, 0.3) is 0 Å². The minimum absolute atomic E-state index is 0.0983. The van der Waals surface area contributed by atoms with Gasteiger partial charge in [-0.3, -0.25) is 14.5 Å². The summed E-state index contributed by atoms with van der Waals surface area (Å²) in [5.74, 6) is -1.09. The second kappa shape index (κ2) is 7.45. The molecule has 0 atom stereocenters. The van der Waals surface area contributed by atoms with Crippen molar-refractivity contribution in [3.05, 3.63) is 35.9 Å². The van der Waals surface area contributed by atoms with Gasteiger partial charge < -0.3 is 10.4 Å². The quantitative estimate of drug-likeness (QED) is 0.733. The number of carboxylic acid groups (broad SMARTS) is 1. The van der Waals surface area contributed by atoms with Crippen molar-refractivity contribution in [2.45, 2.75) is 6.42 Å². The van der Waals surface area contributed by atoms with Crippen LogP contribution in [0.2, 0.25) is 0 Å². The number of carboxylic acids is 1. The van der Waals surface area contributed by atoms with E-state index in [9.17, 15) is 9.59 Å². The first kappa shape index (κ1) is 14.2. The normalized spacial score (nSPS) is 10.3. The van der Waals surface area contributed by atoms with Gasteiger partial charge in [0.2, 0.25) is 5.91 Å². The Morgan fingerprint density at radius 3 is 2.50 bits per heavy atom. The molecular formula is C13H18N2O3. The van der Waals surface area contributed by atoms with Crippen LogP contribution in [0.5, 0.6) is 0 Å². The summed E-state index contributed by atoms with van der Waals surface area (Å²) in [6, 6.07) is 9.87. The van der Waals surface area contributed by atoms with Gasteiger partial charge in [0.1, 0.15) is 0 Å². The average Bonchev–Trinajstić information content (AvgIpc) is 2.29. The maximum atomic E-state index is 11.5. The zero-order valence-electron chi connectivity index (χ0n) is 10.4. The molecule has 0 radical (unpaired) electrons. The van der Waals surface area contributed by atoms with E-state index < -0.39 is 5.97 Å². The van der Waals surface area contributed by atoms with Crippen LogP contribution in [-0.2, 0) is 16.0 Å². The summed E-state index contributed by atoms with van der Waals surface area (Å²) in [5.41, 5.74) is 1.16. The van der Waals surface area contributed by atoms with Crippen LogP contribution in [0.3, 0.4) is 0 Å². The van der Waals surface area contributed by atoms with Crippen molar-refractivity contribution in [1.29, 1.82) is 0 Å². The Bertz CT molecular complexity index is 392. The molecule has 1 amide bonds. The minimum atomic E-state index is -0.936. The topological polar surface area (TPSA) is 69.6 Å². The van der Waals surface area contributed by atoms with Gasteiger partial charge in [0.15, 0.2) is 0 Å². The summed E-state index contributed by atoms with van der Waals surface area (Å²) in [7, 11) is 1.60. The first-order chi connectivity index (χ1) is 8.58. The van der Waals surface area contributed by atoms with E-state index in [-0.39, 0.29) is 19.0 Å². The molecule has 0 bridgehead atoms. The molecule has 5 heteroatoms. The lowest BCUT2D eigenvalue weighted by atomic mass is 10.1. The molecule has 0 spiro atoms. The number of benzene rings is 1. The molecule has 1 aromatic carbocycles. The lowest BCUT2D eigenvalue weighted by Gasteiger charge is -2.13. The van der Waals surface area contributed by atoms with Crippen LogP contribution >= 0.6 is 0 Å². The lowest BCUT2D eigenvalue weighted by Crippen LogP contribution is -2.38. The highest BCUT2D eigenvalue weighted by atomic mass is 16.4. The van der Waals surface area contributed by atoms with Crippen LogP contribution < -0.4 is 5.32 Å². The minimum Gasteiger partial charge on any atom is -0.480 e. The van der Waals surface area contributed by atoms with Gasteiger partial charge in [0.05, 0.1) is 13.1 Å². The van der Waals surface area contributed by atoms with Crippen LogP contribution in [0.15, 0.2) is 30.3 Å². The molecule has 2 N–H and O–H groups in total. The molecular weight excluding hydrogens is 232 g/mol. The summed E-state index contributed by atoms with van der Waals surface area (Å²) in [4.78, 5) is 23.4. The van der Waals surface area contributed by atoms with E-state index in [1.54, 1.807) is 7.05 Å². The first-order valence-corrected chi connectivity index (χ1v) is 5.79. The van der Waals surface area contributed by atoms with E-state index in [1.165, 1.54) is 4.90 Å². The molecule has 0 saturated heterocycles. The summed E-state index contributed by atoms with van der Waals surface area (Å²) in [6.45, 7) is 0.525. The van der Waals surface area contributed by atoms with E-state index in [2.05, 4.69) is 5.32 Å². The Morgan fingerprint density at radius 1 is 1.22 bits per heavy atom. The fraction of sp³-hybridized carbons (Fsp3) is 0.385. The predicted molar refractivity (Wildman–Crippen MR) is 68.3 cm³/mol. The molecule has 1 rings (SSSR count). The van der Waals surface area contributed by atoms with Crippen molar-refractivity contribution in [3.8, 4) is 0 Å². The standard InChI is InChI=1S/C13H18N2O3/c1-15(10-13(17)18)9-12(16)14-8-7-11-5-3-2-4-6-11/h2-6H,7-10H2,1H3,(H,14,16)(H,17,18). The average molecular weight is 250 g/mol. The van der Waals surface area contributed by atoms with Crippen molar-refractivity contribution < 1.29 is 14.7 Å². The van der Waals surface area contributed by atoms with E-state index in [0.717, 1.165) is 12.0 Å². The van der Waals surface area contributed by atoms with Crippen molar-refractivity contribution in [1.82, 2.24) is 10.2 Å². The molecule has 0 aliphatic carbocycles. The number of aliphatic carboxylic acids is 1. The summed E-state index contributed by atoms with van der Waals surface area (Å²) in [5, 5.41) is 11.3. The number of likely N-dealkylation sites (N-methyl/N-ethyl adjacent to an activating group) is 1. The van der Waals surface area contributed by atoms with Crippen LogP contribution in [0, 0.1) is 0 Å². The van der Waals surface area contributed by atoms with Gasteiger partial charge in [0, 0.05) is 6.54 Å². The molecule has 1 aromatic rings. The second-order valence-corrected chi connectivity index (χ2v) is 4.15. The number of nitrogens with zero attached hydrogens (tertiary/aromatic N) is 1. The maximum absolute atomic E-state index is 11.5. The largest absolute Gasteiger partial charge is 0.480 e. The molecule has 18 heavy (non-hydrogen) atoms. The first-order valence-electron chi connectivity index (χ1n) is 5.79. The number of carbonyl (C=O) groups is 2. The molecule has 5 nitrogen and oxygen atoms in total. The Morgan fingerprint density at radius 2 is 1.89 bits per heavy atom. The fourth-order valence-electron chi connectivity index (χ4n) is 1.58. The molecule has 0 heterocycles. The summed E-state index contributed by atoms with van der Waals surface area (Å²) < 4.78 is 0. The van der Waals surface area contributed by atoms with Crippen molar-refractivity contribution >= 4 is 11.9 Å². The lowest BCUT2D eigenvalue weighted by molar-refractivity contribution is -0.138. The molecule has 0 saturated carbocycles. The Kier molecular flexibility index (Phi) is 5.87. The molecule has 0 aliphatic rings. The molecule has 0 fully saturated rings. The molecule has 98 valence electrons. The van der Waals surface area contributed by atoms with E-state index >= 15 is 0 Å². The van der Waals surface area contributed by atoms with Crippen LogP contribution in [0.25, 0.3) is 0 Å². The van der Waals surface area contributed by atoms with Gasteiger partial charge in [-0.05, 0) is 19.0 Å². The SMILES string of the molecule is CN(CC(=O)O)CC(=O)NCCc1ccccc1. The third-order valence-corrected chi connectivity index (χ3v) is 2.40. The van der Waals surface area contributed by atoms with Gasteiger partial charge in [-0.25, -0.2) is 0 Å². The summed E-state index contributed by atoms with van der Waals surface area (Å²) in [6.07, 6.45) is 0.773. The zero-order chi connectivity index (χ0) is 13.4. The monoisotopic (exact) mass is 250 g/mol. The maximum Gasteiger partial charge on any atom is 0.317 e. The number of amides is 1. The number of carbonyl (C=O) groups excluding carboxylic acids is 1. The van der Waals surface area contributed by atoms with Gasteiger partial charge in [-0.15, -0.1) is 0 Å². The number of nitrogens with one attached hydrogen (secondary N) is 1. The van der Waals surface area contributed by atoms with Gasteiger partial charge in [-0.1, -0.05) is 30.3 Å². The smallest absolute Gasteiger partial charge is 0.317 e. The highest BCUT2D eigenvalue weighted by Crippen LogP contribution is 1.98. The number of rotatable bonds is 7. The highest BCUT2D eigenvalue weighted by molar-refractivity contribution is 5.78. The third-order valence-electron chi connectivity index (χ3n) is 2.40. The Labute approximate surface area is 106 Å².